The fourth-order valence-electron chi connectivity index (χ4n) is 12.3. The molecule has 288 valence electrons. The standard InChI is InChI=1S/C61H44/c1-61(2)56-36-54-44-22-8-6-20-42(44)41-19-5-7-21-43(41)53(54)34-55(56)60-47-24-10-9-23-45(47)52(35-57(60)61)38-30-32-39(33-31-38)58-48-25-11-13-27-50(48)59(51-28-14-12-26-49(51)58)46-29-15-17-37-16-3-4-18-40(37)46/h3-33,35,55-56H,34,36H2,1-2H3. The summed E-state index contributed by atoms with van der Waals surface area (Å²) >= 11 is 0. The van der Waals surface area contributed by atoms with Crippen LogP contribution in [0.25, 0.3) is 98.0 Å². The Hall–Kier alpha value is -7.02. The van der Waals surface area contributed by atoms with Crippen LogP contribution in [-0.4, -0.2) is 0 Å². The molecule has 0 spiro atoms. The molecule has 0 aliphatic heterocycles. The van der Waals surface area contributed by atoms with Crippen LogP contribution in [0.1, 0.15) is 42.0 Å². The van der Waals surface area contributed by atoms with Crippen LogP contribution in [-0.2, 0) is 18.3 Å². The average molecular weight is 777 g/mol. The van der Waals surface area contributed by atoms with Crippen LogP contribution in [0, 0.1) is 5.92 Å². The maximum Gasteiger partial charge on any atom is -0.00201 e. The normalized spacial score (nSPS) is 16.7. The summed E-state index contributed by atoms with van der Waals surface area (Å²) in [6.45, 7) is 5.06. The summed E-state index contributed by atoms with van der Waals surface area (Å²) in [6, 6.07) is 73.2. The fourth-order valence-corrected chi connectivity index (χ4v) is 12.3. The molecule has 61 heavy (non-hydrogen) atoms. The lowest BCUT2D eigenvalue weighted by atomic mass is 9.66. The number of hydrogen-bond donors (Lipinski definition) is 0. The molecule has 0 nitrogen and oxygen atoms in total. The second kappa shape index (κ2) is 13.0. The lowest BCUT2D eigenvalue weighted by Crippen LogP contribution is -2.32. The Morgan fingerprint density at radius 1 is 0.361 bits per heavy atom. The highest BCUT2D eigenvalue weighted by Gasteiger charge is 2.49. The molecule has 0 N–H and O–H groups in total. The van der Waals surface area contributed by atoms with E-state index in [9.17, 15) is 0 Å². The van der Waals surface area contributed by atoms with Gasteiger partial charge >= 0.3 is 0 Å². The molecule has 0 heteroatoms. The quantitative estimate of drug-likeness (QED) is 0.124. The van der Waals surface area contributed by atoms with Crippen molar-refractivity contribution < 1.29 is 0 Å². The van der Waals surface area contributed by atoms with E-state index in [0.29, 0.717) is 11.8 Å². The fraction of sp³-hybridized carbons (Fsp3) is 0.115. The maximum absolute atomic E-state index is 2.59. The van der Waals surface area contributed by atoms with Crippen molar-refractivity contribution in [2.24, 2.45) is 5.92 Å². The summed E-state index contributed by atoms with van der Waals surface area (Å²) in [7, 11) is 0. The summed E-state index contributed by atoms with van der Waals surface area (Å²) in [5.74, 6) is 1.00. The van der Waals surface area contributed by atoms with Crippen LogP contribution < -0.4 is 0 Å². The Kier molecular flexibility index (Phi) is 7.41. The van der Waals surface area contributed by atoms with Gasteiger partial charge in [-0.1, -0.05) is 202 Å². The number of rotatable bonds is 3. The monoisotopic (exact) mass is 776 g/mol. The third-order valence-electron chi connectivity index (χ3n) is 15.0. The van der Waals surface area contributed by atoms with Gasteiger partial charge in [0, 0.05) is 0 Å². The predicted octanol–water partition coefficient (Wildman–Crippen LogP) is 16.4. The van der Waals surface area contributed by atoms with Gasteiger partial charge < -0.3 is 0 Å². The van der Waals surface area contributed by atoms with Gasteiger partial charge in [-0.05, 0) is 156 Å². The van der Waals surface area contributed by atoms with E-state index in [1.165, 1.54) is 104 Å². The lowest BCUT2D eigenvalue weighted by molar-refractivity contribution is 0.288. The zero-order valence-corrected chi connectivity index (χ0v) is 34.5. The van der Waals surface area contributed by atoms with Crippen LogP contribution >= 0.6 is 0 Å². The molecule has 11 aromatic carbocycles. The number of benzene rings is 11. The Bertz CT molecular complexity index is 3560. The largest absolute Gasteiger partial charge is 0.0616 e. The maximum atomic E-state index is 2.59. The molecule has 0 heterocycles. The Morgan fingerprint density at radius 3 is 1.44 bits per heavy atom. The number of hydrogen-bond acceptors (Lipinski definition) is 0. The summed E-state index contributed by atoms with van der Waals surface area (Å²) < 4.78 is 0. The second-order valence-electron chi connectivity index (χ2n) is 18.3. The topological polar surface area (TPSA) is 0 Å². The highest BCUT2D eigenvalue weighted by molar-refractivity contribution is 6.23. The molecule has 0 bridgehead atoms. The minimum Gasteiger partial charge on any atom is -0.0616 e. The first-order chi connectivity index (χ1) is 30.0. The van der Waals surface area contributed by atoms with Gasteiger partial charge in [0.2, 0.25) is 0 Å². The van der Waals surface area contributed by atoms with Crippen molar-refractivity contribution in [1.29, 1.82) is 0 Å². The predicted molar refractivity (Wildman–Crippen MR) is 261 cm³/mol. The molecule has 2 atom stereocenters. The van der Waals surface area contributed by atoms with E-state index in [4.69, 9.17) is 0 Å². The molecule has 0 radical (unpaired) electrons. The third kappa shape index (κ3) is 4.94. The number of fused-ring (bicyclic) bond motifs is 14. The Morgan fingerprint density at radius 2 is 0.820 bits per heavy atom. The van der Waals surface area contributed by atoms with Crippen molar-refractivity contribution in [2.75, 3.05) is 0 Å². The van der Waals surface area contributed by atoms with Gasteiger partial charge in [-0.25, -0.2) is 0 Å². The highest BCUT2D eigenvalue weighted by Crippen LogP contribution is 2.59. The molecule has 13 rings (SSSR count). The van der Waals surface area contributed by atoms with Crippen molar-refractivity contribution in [3.63, 3.8) is 0 Å². The molecule has 0 saturated heterocycles. The third-order valence-corrected chi connectivity index (χ3v) is 15.0. The van der Waals surface area contributed by atoms with Gasteiger partial charge in [-0.15, -0.1) is 0 Å². The summed E-state index contributed by atoms with van der Waals surface area (Å²) in [4.78, 5) is 0. The van der Waals surface area contributed by atoms with E-state index in [1.54, 1.807) is 16.7 Å². The molecule has 0 aromatic heterocycles. The van der Waals surface area contributed by atoms with Crippen LogP contribution in [0.4, 0.5) is 0 Å². The zero-order chi connectivity index (χ0) is 40.4. The highest BCUT2D eigenvalue weighted by atomic mass is 14.5. The average Bonchev–Trinajstić information content (AvgIpc) is 3.54. The first kappa shape index (κ1) is 34.8. The Labute approximate surface area is 356 Å². The van der Waals surface area contributed by atoms with Gasteiger partial charge in [-0.2, -0.15) is 0 Å². The molecule has 0 fully saturated rings. The van der Waals surface area contributed by atoms with Crippen LogP contribution in [0.15, 0.2) is 194 Å². The Balaban J connectivity index is 0.965. The first-order valence-electron chi connectivity index (χ1n) is 22.0. The molecule has 0 saturated carbocycles. The van der Waals surface area contributed by atoms with Crippen molar-refractivity contribution >= 4 is 64.6 Å². The van der Waals surface area contributed by atoms with E-state index in [-0.39, 0.29) is 5.41 Å². The van der Waals surface area contributed by atoms with Crippen LogP contribution in [0.5, 0.6) is 0 Å². The van der Waals surface area contributed by atoms with Crippen LogP contribution in [0.3, 0.4) is 0 Å². The molecular weight excluding hydrogens is 733 g/mol. The van der Waals surface area contributed by atoms with Gasteiger partial charge in [0.05, 0.1) is 0 Å². The van der Waals surface area contributed by atoms with Gasteiger partial charge in [0.15, 0.2) is 0 Å². The van der Waals surface area contributed by atoms with Crippen molar-refractivity contribution in [2.45, 2.75) is 38.0 Å². The van der Waals surface area contributed by atoms with Gasteiger partial charge in [0.25, 0.3) is 0 Å². The summed E-state index contributed by atoms with van der Waals surface area (Å²) in [5.41, 5.74) is 14.0. The van der Waals surface area contributed by atoms with E-state index in [2.05, 4.69) is 208 Å². The van der Waals surface area contributed by atoms with Crippen molar-refractivity contribution in [3.8, 4) is 33.4 Å². The molecule has 2 aliphatic rings. The van der Waals surface area contributed by atoms with Crippen molar-refractivity contribution in [3.05, 3.63) is 216 Å². The van der Waals surface area contributed by atoms with Crippen molar-refractivity contribution in [1.82, 2.24) is 0 Å². The molecule has 2 unspecified atom stereocenters. The SMILES string of the molecule is CC1(C)c2cc(-c3ccc(-c4c5ccccc5c(-c5cccc6ccccc56)c5ccccc45)cc3)c3ccccc3c2C2Cc3c(c4ccccc4c4ccccc34)CC21. The smallest absolute Gasteiger partial charge is 0.00201 e. The van der Waals surface area contributed by atoms with E-state index >= 15 is 0 Å². The van der Waals surface area contributed by atoms with E-state index < -0.39 is 0 Å². The molecular formula is C61H44. The molecule has 11 aromatic rings. The summed E-state index contributed by atoms with van der Waals surface area (Å²) in [6.07, 6.45) is 2.19. The van der Waals surface area contributed by atoms with Gasteiger partial charge in [0.1, 0.15) is 0 Å². The second-order valence-corrected chi connectivity index (χ2v) is 18.3. The van der Waals surface area contributed by atoms with Crippen LogP contribution in [0.2, 0.25) is 0 Å². The van der Waals surface area contributed by atoms with E-state index in [1.807, 2.05) is 0 Å². The minimum absolute atomic E-state index is 0.0207. The summed E-state index contributed by atoms with van der Waals surface area (Å²) in [5, 5.41) is 16.1. The van der Waals surface area contributed by atoms with E-state index in [0.717, 1.165) is 12.8 Å². The zero-order valence-electron chi connectivity index (χ0n) is 34.5. The lowest BCUT2D eigenvalue weighted by Gasteiger charge is -2.37. The molecule has 0 amide bonds. The minimum atomic E-state index is 0.0207. The molecule has 2 aliphatic carbocycles. The first-order valence-corrected chi connectivity index (χ1v) is 22.0. The van der Waals surface area contributed by atoms with Gasteiger partial charge in [-0.3, -0.25) is 0 Å².